The minimum atomic E-state index is -2.10. The van der Waals surface area contributed by atoms with E-state index < -0.39 is 13.7 Å². The van der Waals surface area contributed by atoms with Crippen molar-refractivity contribution in [1.82, 2.24) is 5.32 Å². The van der Waals surface area contributed by atoms with Crippen molar-refractivity contribution in [2.24, 2.45) is 11.3 Å². The first kappa shape index (κ1) is 30.9. The van der Waals surface area contributed by atoms with Crippen molar-refractivity contribution in [3.05, 3.63) is 29.8 Å². The first-order valence-electron chi connectivity index (χ1n) is 12.8. The number of phenols is 1. The van der Waals surface area contributed by atoms with Crippen LogP contribution in [0.15, 0.2) is 24.3 Å². The summed E-state index contributed by atoms with van der Waals surface area (Å²) in [6.07, 6.45) is 1.53. The van der Waals surface area contributed by atoms with Gasteiger partial charge in [0, 0.05) is 63.2 Å². The van der Waals surface area contributed by atoms with Crippen LogP contribution < -0.4 is 5.32 Å². The fourth-order valence-electron chi connectivity index (χ4n) is 4.54. The molecule has 0 aliphatic heterocycles. The monoisotopic (exact) mass is 525 g/mol. The highest BCUT2D eigenvalue weighted by Gasteiger charge is 2.50. The van der Waals surface area contributed by atoms with Gasteiger partial charge in [0.05, 0.1) is 13.2 Å². The van der Waals surface area contributed by atoms with Crippen molar-refractivity contribution < 1.29 is 33.3 Å². The lowest BCUT2D eigenvalue weighted by atomic mass is 9.67. The van der Waals surface area contributed by atoms with Gasteiger partial charge in [0.15, 0.2) is 8.32 Å². The number of ketones is 1. The number of carbonyl (C=O) groups is 1. The number of benzene rings is 1. The fraction of sp³-hybridized carbons (Fsp3) is 0.741. The molecule has 1 aliphatic rings. The molecule has 0 spiro atoms. The molecule has 0 unspecified atom stereocenters. The molecule has 1 aromatic carbocycles. The van der Waals surface area contributed by atoms with Crippen molar-refractivity contribution in [1.29, 1.82) is 0 Å². The summed E-state index contributed by atoms with van der Waals surface area (Å²) in [5.41, 5.74) is 0.223. The highest BCUT2D eigenvalue weighted by Crippen LogP contribution is 2.45. The van der Waals surface area contributed by atoms with Crippen LogP contribution in [0, 0.1) is 11.3 Å². The van der Waals surface area contributed by atoms with Gasteiger partial charge in [0.2, 0.25) is 0 Å². The first-order valence-corrected chi connectivity index (χ1v) is 15.7. The third-order valence-corrected chi connectivity index (χ3v) is 12.1. The van der Waals surface area contributed by atoms with E-state index in [4.69, 9.17) is 23.4 Å². The van der Waals surface area contributed by atoms with E-state index in [0.29, 0.717) is 45.6 Å². The molecule has 0 bridgehead atoms. The quantitative estimate of drug-likeness (QED) is 0.197. The number of carbonyl (C=O) groups excluding carboxylic acids is 1. The van der Waals surface area contributed by atoms with Crippen LogP contribution in [0.1, 0.15) is 45.6 Å². The number of nitrogens with one attached hydrogen (secondary N) is 1. The van der Waals surface area contributed by atoms with Gasteiger partial charge in [-0.3, -0.25) is 4.79 Å². The van der Waals surface area contributed by atoms with Crippen molar-refractivity contribution in [3.63, 3.8) is 0 Å². The standard InChI is InChI=1S/C27H47NO7Si/c1-26(2,3)36(6,7)35-25-13-12-22(29)14-23(25)27(17-33-19-31-4,18-34-20-32-5)16-28-15-21-10-8-9-11-24(21)30/h8-11,23,25,28,30H,12-20H2,1-7H3/t23-,25+/m1/s1. The summed E-state index contributed by atoms with van der Waals surface area (Å²) in [4.78, 5) is 12.8. The summed E-state index contributed by atoms with van der Waals surface area (Å²) in [5.74, 6) is 0.367. The summed E-state index contributed by atoms with van der Waals surface area (Å²) in [6, 6.07) is 7.27. The van der Waals surface area contributed by atoms with Crippen molar-refractivity contribution in [3.8, 4) is 5.75 Å². The van der Waals surface area contributed by atoms with Gasteiger partial charge in [-0.1, -0.05) is 39.0 Å². The molecular weight excluding hydrogens is 478 g/mol. The highest BCUT2D eigenvalue weighted by atomic mass is 28.4. The predicted octanol–water partition coefficient (Wildman–Crippen LogP) is 4.47. The zero-order valence-corrected chi connectivity index (χ0v) is 24.2. The van der Waals surface area contributed by atoms with Crippen LogP contribution in [0.4, 0.5) is 0 Å². The molecule has 0 amide bonds. The largest absolute Gasteiger partial charge is 0.508 e. The molecule has 0 saturated heterocycles. The van der Waals surface area contributed by atoms with E-state index in [1.807, 2.05) is 12.1 Å². The average Bonchev–Trinajstić information content (AvgIpc) is 2.80. The van der Waals surface area contributed by atoms with E-state index in [2.05, 4.69) is 39.2 Å². The molecule has 1 aliphatic carbocycles. The molecule has 1 saturated carbocycles. The normalized spacial score (nSPS) is 19.6. The van der Waals surface area contributed by atoms with Gasteiger partial charge in [-0.25, -0.2) is 0 Å². The van der Waals surface area contributed by atoms with Crippen LogP contribution >= 0.6 is 0 Å². The number of phenolic OH excluding ortho intramolecular Hbond substituents is 1. The average molecular weight is 526 g/mol. The molecule has 36 heavy (non-hydrogen) atoms. The predicted molar refractivity (Wildman–Crippen MR) is 142 cm³/mol. The second-order valence-electron chi connectivity index (χ2n) is 11.4. The SMILES string of the molecule is COCOCC(CNCc1ccccc1O)(COCOC)[C@@H]1CC(=O)CC[C@@H]1O[Si](C)(C)C(C)(C)C. The number of ether oxygens (including phenoxy) is 4. The van der Waals surface area contributed by atoms with Crippen molar-refractivity contribution in [2.45, 2.75) is 70.8 Å². The molecule has 2 rings (SSSR count). The molecule has 9 heteroatoms. The number of Topliss-reactive ketones (excluding diaryl/α,β-unsaturated/α-hetero) is 1. The molecule has 2 N–H and O–H groups in total. The number of hydrogen-bond donors (Lipinski definition) is 2. The fourth-order valence-corrected chi connectivity index (χ4v) is 5.93. The van der Waals surface area contributed by atoms with Gasteiger partial charge >= 0.3 is 0 Å². The Labute approximate surface area is 218 Å². The summed E-state index contributed by atoms with van der Waals surface area (Å²) in [5, 5.41) is 13.8. The van der Waals surface area contributed by atoms with Crippen LogP contribution in [0.2, 0.25) is 18.1 Å². The van der Waals surface area contributed by atoms with Crippen LogP contribution in [0.3, 0.4) is 0 Å². The maximum absolute atomic E-state index is 12.8. The molecule has 0 radical (unpaired) electrons. The number of rotatable bonds is 15. The van der Waals surface area contributed by atoms with Gasteiger partial charge in [-0.15, -0.1) is 0 Å². The summed E-state index contributed by atoms with van der Waals surface area (Å²) >= 11 is 0. The molecule has 0 heterocycles. The topological polar surface area (TPSA) is 95.5 Å². The van der Waals surface area contributed by atoms with E-state index >= 15 is 0 Å². The van der Waals surface area contributed by atoms with Crippen LogP contribution in [0.25, 0.3) is 0 Å². The number of aromatic hydroxyl groups is 1. The Morgan fingerprint density at radius 2 is 1.67 bits per heavy atom. The molecule has 1 fully saturated rings. The summed E-state index contributed by atoms with van der Waals surface area (Å²) in [6.45, 7) is 13.1. The lowest BCUT2D eigenvalue weighted by molar-refractivity contribution is -0.152. The van der Waals surface area contributed by atoms with Gasteiger partial charge in [0.25, 0.3) is 0 Å². The molecule has 206 valence electrons. The highest BCUT2D eigenvalue weighted by molar-refractivity contribution is 6.74. The van der Waals surface area contributed by atoms with Gasteiger partial charge in [-0.2, -0.15) is 0 Å². The lowest BCUT2D eigenvalue weighted by Gasteiger charge is -2.49. The molecule has 2 atom stereocenters. The summed E-state index contributed by atoms with van der Waals surface area (Å²) in [7, 11) is 1.08. The Hall–Kier alpha value is -1.33. The Morgan fingerprint density at radius 1 is 1.06 bits per heavy atom. The van der Waals surface area contributed by atoms with E-state index in [1.54, 1.807) is 26.4 Å². The zero-order valence-electron chi connectivity index (χ0n) is 23.2. The third kappa shape index (κ3) is 8.61. The smallest absolute Gasteiger partial charge is 0.192 e. The van der Waals surface area contributed by atoms with E-state index in [1.165, 1.54) is 0 Å². The number of para-hydroxylation sites is 1. The van der Waals surface area contributed by atoms with Gasteiger partial charge in [0.1, 0.15) is 25.1 Å². The van der Waals surface area contributed by atoms with Gasteiger partial charge in [-0.05, 0) is 30.6 Å². The van der Waals surface area contributed by atoms with E-state index in [9.17, 15) is 9.90 Å². The Morgan fingerprint density at radius 3 is 2.22 bits per heavy atom. The number of hydrogen-bond acceptors (Lipinski definition) is 8. The molecular formula is C27H47NO7Si. The van der Waals surface area contributed by atoms with Crippen LogP contribution in [0.5, 0.6) is 5.75 Å². The lowest BCUT2D eigenvalue weighted by Crippen LogP contribution is -2.56. The van der Waals surface area contributed by atoms with Crippen LogP contribution in [-0.2, 0) is 34.7 Å². The molecule has 1 aromatic rings. The van der Waals surface area contributed by atoms with E-state index in [-0.39, 0.29) is 42.2 Å². The summed E-state index contributed by atoms with van der Waals surface area (Å²) < 4.78 is 29.2. The first-order chi connectivity index (χ1) is 17.0. The molecule has 8 nitrogen and oxygen atoms in total. The second kappa shape index (κ2) is 14.0. The second-order valence-corrected chi connectivity index (χ2v) is 16.2. The van der Waals surface area contributed by atoms with Crippen molar-refractivity contribution >= 4 is 14.1 Å². The Balaban J connectivity index is 2.39. The minimum absolute atomic E-state index is 0.0455. The number of methoxy groups -OCH3 is 2. The Bertz CT molecular complexity index is 802. The van der Waals surface area contributed by atoms with E-state index in [0.717, 1.165) is 5.56 Å². The maximum Gasteiger partial charge on any atom is 0.192 e. The zero-order chi connectivity index (χ0) is 26.8. The van der Waals surface area contributed by atoms with Crippen LogP contribution in [-0.4, -0.2) is 72.9 Å². The third-order valence-electron chi connectivity index (χ3n) is 7.61. The maximum atomic E-state index is 12.8. The van der Waals surface area contributed by atoms with Crippen molar-refractivity contribution in [2.75, 3.05) is 47.6 Å². The minimum Gasteiger partial charge on any atom is -0.508 e. The van der Waals surface area contributed by atoms with Gasteiger partial charge < -0.3 is 33.8 Å². The Kier molecular flexibility index (Phi) is 12.0. The molecule has 0 aromatic heterocycles.